The lowest BCUT2D eigenvalue weighted by molar-refractivity contribution is -0.100. The maximum Gasteiger partial charge on any atom is 0.169 e. The smallest absolute Gasteiger partial charge is 0.169 e. The zero-order chi connectivity index (χ0) is 9.56. The van der Waals surface area contributed by atoms with Crippen LogP contribution in [-0.2, 0) is 9.47 Å². The standard InChI is InChI=1S/C9H21NO2/c1-7(2)8(3)10-6-9(11-4)12-5/h7-10H,6H2,1-5H3. The highest BCUT2D eigenvalue weighted by molar-refractivity contribution is 4.64. The molecule has 74 valence electrons. The predicted molar refractivity (Wildman–Crippen MR) is 50.1 cm³/mol. The Hall–Kier alpha value is -0.120. The third-order valence-corrected chi connectivity index (χ3v) is 2.13. The molecule has 0 aliphatic heterocycles. The van der Waals surface area contributed by atoms with Crippen LogP contribution in [0.15, 0.2) is 0 Å². The Balaban J connectivity index is 3.51. The van der Waals surface area contributed by atoms with Gasteiger partial charge in [0.15, 0.2) is 6.29 Å². The molecule has 0 aromatic carbocycles. The minimum absolute atomic E-state index is 0.133. The molecule has 3 nitrogen and oxygen atoms in total. The summed E-state index contributed by atoms with van der Waals surface area (Å²) in [5, 5.41) is 3.33. The normalized spacial score (nSPS) is 14.2. The van der Waals surface area contributed by atoms with E-state index in [1.54, 1.807) is 14.2 Å². The van der Waals surface area contributed by atoms with Gasteiger partial charge in [-0.3, -0.25) is 0 Å². The topological polar surface area (TPSA) is 30.5 Å². The van der Waals surface area contributed by atoms with Crippen molar-refractivity contribution in [2.45, 2.75) is 33.1 Å². The second-order valence-corrected chi connectivity index (χ2v) is 3.34. The van der Waals surface area contributed by atoms with E-state index >= 15 is 0 Å². The van der Waals surface area contributed by atoms with Gasteiger partial charge in [0.1, 0.15) is 0 Å². The molecule has 1 unspecified atom stereocenters. The number of hydrogen-bond donors (Lipinski definition) is 1. The molecule has 1 atom stereocenters. The predicted octanol–water partition coefficient (Wildman–Crippen LogP) is 1.24. The summed E-state index contributed by atoms with van der Waals surface area (Å²) in [6, 6.07) is 0.498. The van der Waals surface area contributed by atoms with Crippen molar-refractivity contribution >= 4 is 0 Å². The Morgan fingerprint density at radius 1 is 1.08 bits per heavy atom. The molecule has 0 heterocycles. The molecule has 3 heteroatoms. The van der Waals surface area contributed by atoms with E-state index < -0.39 is 0 Å². The molecule has 0 radical (unpaired) electrons. The van der Waals surface area contributed by atoms with Crippen molar-refractivity contribution < 1.29 is 9.47 Å². The lowest BCUT2D eigenvalue weighted by Gasteiger charge is -2.20. The Labute approximate surface area is 75.4 Å². The van der Waals surface area contributed by atoms with Crippen LogP contribution in [0.1, 0.15) is 20.8 Å². The molecular formula is C9H21NO2. The summed E-state index contributed by atoms with van der Waals surface area (Å²) in [5.41, 5.74) is 0. The van der Waals surface area contributed by atoms with Crippen molar-refractivity contribution in [1.29, 1.82) is 0 Å². The van der Waals surface area contributed by atoms with Gasteiger partial charge in [0, 0.05) is 26.8 Å². The molecule has 0 aromatic rings. The van der Waals surface area contributed by atoms with Crippen LogP contribution in [0.3, 0.4) is 0 Å². The molecule has 0 amide bonds. The molecule has 0 aliphatic carbocycles. The van der Waals surface area contributed by atoms with E-state index in [0.29, 0.717) is 12.0 Å². The van der Waals surface area contributed by atoms with Gasteiger partial charge in [-0.1, -0.05) is 13.8 Å². The molecule has 0 bridgehead atoms. The third-order valence-electron chi connectivity index (χ3n) is 2.13. The van der Waals surface area contributed by atoms with Crippen molar-refractivity contribution in [3.63, 3.8) is 0 Å². The zero-order valence-electron chi connectivity index (χ0n) is 8.76. The first-order valence-corrected chi connectivity index (χ1v) is 4.40. The van der Waals surface area contributed by atoms with Crippen LogP contribution in [0.2, 0.25) is 0 Å². The van der Waals surface area contributed by atoms with Gasteiger partial charge in [0.25, 0.3) is 0 Å². The van der Waals surface area contributed by atoms with Crippen LogP contribution in [0.4, 0.5) is 0 Å². The van der Waals surface area contributed by atoms with Crippen molar-refractivity contribution in [2.75, 3.05) is 20.8 Å². The molecule has 0 saturated heterocycles. The molecule has 0 spiro atoms. The molecule has 0 rings (SSSR count). The van der Waals surface area contributed by atoms with Crippen LogP contribution in [0.25, 0.3) is 0 Å². The lowest BCUT2D eigenvalue weighted by atomic mass is 10.1. The van der Waals surface area contributed by atoms with Crippen molar-refractivity contribution in [3.8, 4) is 0 Å². The summed E-state index contributed by atoms with van der Waals surface area (Å²) in [4.78, 5) is 0. The van der Waals surface area contributed by atoms with Crippen molar-refractivity contribution in [1.82, 2.24) is 5.32 Å². The van der Waals surface area contributed by atoms with Gasteiger partial charge >= 0.3 is 0 Å². The first-order valence-electron chi connectivity index (χ1n) is 4.40. The van der Waals surface area contributed by atoms with E-state index in [9.17, 15) is 0 Å². The average Bonchev–Trinajstić information content (AvgIpc) is 2.05. The number of nitrogens with one attached hydrogen (secondary N) is 1. The van der Waals surface area contributed by atoms with Gasteiger partial charge in [-0.25, -0.2) is 0 Å². The van der Waals surface area contributed by atoms with Crippen LogP contribution in [-0.4, -0.2) is 33.1 Å². The van der Waals surface area contributed by atoms with Gasteiger partial charge in [0.2, 0.25) is 0 Å². The number of hydrogen-bond acceptors (Lipinski definition) is 3. The summed E-state index contributed by atoms with van der Waals surface area (Å²) >= 11 is 0. The maximum atomic E-state index is 5.04. The fourth-order valence-corrected chi connectivity index (χ4v) is 0.781. The summed E-state index contributed by atoms with van der Waals surface area (Å²) in [7, 11) is 3.30. The molecule has 0 saturated carbocycles. The minimum atomic E-state index is -0.133. The fraction of sp³-hybridized carbons (Fsp3) is 1.00. The average molecular weight is 175 g/mol. The van der Waals surface area contributed by atoms with Crippen LogP contribution in [0.5, 0.6) is 0 Å². The van der Waals surface area contributed by atoms with Crippen LogP contribution in [0, 0.1) is 5.92 Å². The summed E-state index contributed by atoms with van der Waals surface area (Å²) in [6.07, 6.45) is -0.133. The van der Waals surface area contributed by atoms with Gasteiger partial charge in [-0.2, -0.15) is 0 Å². The monoisotopic (exact) mass is 175 g/mol. The summed E-state index contributed by atoms with van der Waals surface area (Å²) < 4.78 is 10.1. The number of rotatable bonds is 6. The fourth-order valence-electron chi connectivity index (χ4n) is 0.781. The van der Waals surface area contributed by atoms with E-state index in [4.69, 9.17) is 9.47 Å². The quantitative estimate of drug-likeness (QED) is 0.616. The molecule has 1 N–H and O–H groups in total. The first-order chi connectivity index (χ1) is 5.61. The zero-order valence-corrected chi connectivity index (χ0v) is 8.76. The van der Waals surface area contributed by atoms with E-state index in [2.05, 4.69) is 26.1 Å². The van der Waals surface area contributed by atoms with E-state index in [0.717, 1.165) is 6.54 Å². The van der Waals surface area contributed by atoms with Gasteiger partial charge in [-0.15, -0.1) is 0 Å². The van der Waals surface area contributed by atoms with E-state index in [-0.39, 0.29) is 6.29 Å². The second-order valence-electron chi connectivity index (χ2n) is 3.34. The van der Waals surface area contributed by atoms with Crippen LogP contribution < -0.4 is 5.32 Å². The van der Waals surface area contributed by atoms with E-state index in [1.165, 1.54) is 0 Å². The number of methoxy groups -OCH3 is 2. The molecular weight excluding hydrogens is 154 g/mol. The highest BCUT2D eigenvalue weighted by atomic mass is 16.7. The Bertz CT molecular complexity index is 101. The second kappa shape index (κ2) is 6.40. The molecule has 0 fully saturated rings. The first kappa shape index (κ1) is 11.9. The largest absolute Gasteiger partial charge is 0.355 e. The van der Waals surface area contributed by atoms with Crippen LogP contribution >= 0.6 is 0 Å². The number of ether oxygens (including phenoxy) is 2. The molecule has 0 aliphatic rings. The highest BCUT2D eigenvalue weighted by Gasteiger charge is 2.09. The maximum absolute atomic E-state index is 5.04. The molecule has 0 aromatic heterocycles. The Kier molecular flexibility index (Phi) is 6.34. The minimum Gasteiger partial charge on any atom is -0.355 e. The van der Waals surface area contributed by atoms with E-state index in [1.807, 2.05) is 0 Å². The molecule has 12 heavy (non-hydrogen) atoms. The Morgan fingerprint density at radius 3 is 1.92 bits per heavy atom. The van der Waals surface area contributed by atoms with Gasteiger partial charge < -0.3 is 14.8 Å². The Morgan fingerprint density at radius 2 is 1.58 bits per heavy atom. The summed E-state index contributed by atoms with van der Waals surface area (Å²) in [5.74, 6) is 0.638. The van der Waals surface area contributed by atoms with Gasteiger partial charge in [-0.05, 0) is 12.8 Å². The summed E-state index contributed by atoms with van der Waals surface area (Å²) in [6.45, 7) is 7.28. The van der Waals surface area contributed by atoms with Gasteiger partial charge in [0.05, 0.1) is 0 Å². The highest BCUT2D eigenvalue weighted by Crippen LogP contribution is 2.00. The van der Waals surface area contributed by atoms with Crippen molar-refractivity contribution in [3.05, 3.63) is 0 Å². The lowest BCUT2D eigenvalue weighted by Crippen LogP contribution is -2.38. The third kappa shape index (κ3) is 4.70. The SMILES string of the molecule is COC(CNC(C)C(C)C)OC. The van der Waals surface area contributed by atoms with Crippen molar-refractivity contribution in [2.24, 2.45) is 5.92 Å².